The van der Waals surface area contributed by atoms with Crippen LogP contribution in [0.4, 0.5) is 10.5 Å². The highest BCUT2D eigenvalue weighted by Crippen LogP contribution is 2.29. The van der Waals surface area contributed by atoms with Crippen LogP contribution in [0.2, 0.25) is 0 Å². The van der Waals surface area contributed by atoms with Gasteiger partial charge in [0.1, 0.15) is 11.6 Å². The van der Waals surface area contributed by atoms with Gasteiger partial charge in [-0.2, -0.15) is 0 Å². The summed E-state index contributed by atoms with van der Waals surface area (Å²) in [5.74, 6) is -1.08. The fraction of sp³-hybridized carbons (Fsp3) is 0.435. The minimum Gasteiger partial charge on any atom is -0.481 e. The van der Waals surface area contributed by atoms with Crippen molar-refractivity contribution in [3.63, 3.8) is 0 Å². The first kappa shape index (κ1) is 23.6. The third kappa shape index (κ3) is 6.46. The van der Waals surface area contributed by atoms with Crippen molar-refractivity contribution in [2.75, 3.05) is 12.3 Å². The summed E-state index contributed by atoms with van der Waals surface area (Å²) in [6, 6.07) is 8.24. The second-order valence-electron chi connectivity index (χ2n) is 8.89. The number of hydrogen-bond acceptors (Lipinski definition) is 6. The molecule has 172 valence electrons. The average Bonchev–Trinajstić information content (AvgIpc) is 3.07. The minimum atomic E-state index is -0.873. The number of carboxylic acids is 1. The molecule has 1 aliphatic heterocycles. The molecule has 4 N–H and O–H groups in total. The van der Waals surface area contributed by atoms with E-state index in [1.54, 1.807) is 37.8 Å². The Balaban J connectivity index is 1.76. The minimum absolute atomic E-state index is 0.0222. The molecule has 32 heavy (non-hydrogen) atoms. The third-order valence-electron chi connectivity index (χ3n) is 4.96. The number of nitrogens with zero attached hydrogens (tertiary/aromatic N) is 1. The first-order valence-corrected chi connectivity index (χ1v) is 11.3. The zero-order chi connectivity index (χ0) is 23.5. The number of carbonyl (C=O) groups excluding carboxylic acids is 2. The van der Waals surface area contributed by atoms with E-state index in [2.05, 4.69) is 5.32 Å². The molecule has 0 spiro atoms. The van der Waals surface area contributed by atoms with Gasteiger partial charge < -0.3 is 25.8 Å². The van der Waals surface area contributed by atoms with Gasteiger partial charge in [0.2, 0.25) is 5.91 Å². The lowest BCUT2D eigenvalue weighted by atomic mass is 10.0. The molecule has 3 rings (SSSR count). The van der Waals surface area contributed by atoms with Gasteiger partial charge in [-0.05, 0) is 56.5 Å². The average molecular weight is 460 g/mol. The number of carbonyl (C=O) groups is 3. The largest absolute Gasteiger partial charge is 0.481 e. The maximum atomic E-state index is 13.4. The number of thiophene rings is 1. The number of aliphatic carboxylic acids is 1. The summed E-state index contributed by atoms with van der Waals surface area (Å²) in [5.41, 5.74) is 7.53. The number of ether oxygens (including phenoxy) is 1. The van der Waals surface area contributed by atoms with E-state index in [1.165, 1.54) is 11.3 Å². The molecule has 2 heterocycles. The number of anilines is 1. The van der Waals surface area contributed by atoms with Crippen molar-refractivity contribution in [2.45, 2.75) is 58.2 Å². The van der Waals surface area contributed by atoms with Gasteiger partial charge in [0.25, 0.3) is 0 Å². The lowest BCUT2D eigenvalue weighted by Gasteiger charge is -2.31. The monoisotopic (exact) mass is 459 g/mol. The van der Waals surface area contributed by atoms with Crippen molar-refractivity contribution in [1.82, 2.24) is 10.2 Å². The Morgan fingerprint density at radius 1 is 1.25 bits per heavy atom. The molecule has 1 aromatic carbocycles. The maximum Gasteiger partial charge on any atom is 0.408 e. The number of hydrogen-bond donors (Lipinski definition) is 3. The molecule has 0 bridgehead atoms. The summed E-state index contributed by atoms with van der Waals surface area (Å²) in [5, 5.41) is 11.8. The molecule has 0 saturated carbocycles. The maximum absolute atomic E-state index is 13.4. The molecule has 2 amide bonds. The molecule has 0 aliphatic carbocycles. The Hall–Kier alpha value is -3.07. The van der Waals surface area contributed by atoms with Crippen LogP contribution in [0.15, 0.2) is 30.3 Å². The Morgan fingerprint density at radius 3 is 2.56 bits per heavy atom. The van der Waals surface area contributed by atoms with Crippen LogP contribution in [-0.2, 0) is 40.1 Å². The van der Waals surface area contributed by atoms with Crippen LogP contribution in [0, 0.1) is 0 Å². The first-order valence-electron chi connectivity index (χ1n) is 10.4. The molecule has 9 heteroatoms. The van der Waals surface area contributed by atoms with Crippen LogP contribution < -0.4 is 11.1 Å². The predicted molar refractivity (Wildman–Crippen MR) is 122 cm³/mol. The van der Waals surface area contributed by atoms with Crippen molar-refractivity contribution < 1.29 is 24.2 Å². The van der Waals surface area contributed by atoms with E-state index in [4.69, 9.17) is 15.6 Å². The molecular formula is C23H29N3O5S. The number of carboxylic acid groups (broad SMARTS) is 1. The number of benzene rings is 1. The van der Waals surface area contributed by atoms with Crippen molar-refractivity contribution in [1.29, 1.82) is 0 Å². The van der Waals surface area contributed by atoms with Crippen molar-refractivity contribution in [3.05, 3.63) is 51.2 Å². The fourth-order valence-electron chi connectivity index (χ4n) is 3.58. The highest BCUT2D eigenvalue weighted by molar-refractivity contribution is 7.12. The lowest BCUT2D eigenvalue weighted by molar-refractivity contribution is -0.136. The summed E-state index contributed by atoms with van der Waals surface area (Å²) in [4.78, 5) is 40.5. The first-order chi connectivity index (χ1) is 15.0. The standard InChI is InChI=1S/C23H29N3O5S/c1-23(2,3)31-22(30)25-18(10-14-4-6-16(24)7-5-14)21(29)26-9-8-19-15(13-26)11-17(32-19)12-20(27)28/h4-7,11,18H,8-10,12-13,24H2,1-3H3,(H,25,30)(H,27,28)/t18-/m0/s1. The number of amides is 2. The molecule has 0 unspecified atom stereocenters. The Kier molecular flexibility index (Phi) is 7.08. The topological polar surface area (TPSA) is 122 Å². The normalized spacial score (nSPS) is 14.4. The molecule has 1 atom stereocenters. The van der Waals surface area contributed by atoms with Crippen LogP contribution in [0.3, 0.4) is 0 Å². The van der Waals surface area contributed by atoms with E-state index in [0.717, 1.165) is 20.9 Å². The quantitative estimate of drug-likeness (QED) is 0.571. The van der Waals surface area contributed by atoms with Crippen molar-refractivity contribution >= 4 is 35.0 Å². The second-order valence-corrected chi connectivity index (χ2v) is 10.1. The molecule has 0 radical (unpaired) electrons. The predicted octanol–water partition coefficient (Wildman–Crippen LogP) is 2.98. The SMILES string of the molecule is CC(C)(C)OC(=O)N[C@@H](Cc1ccc(N)cc1)C(=O)N1CCc2sc(CC(=O)O)cc2C1. The smallest absolute Gasteiger partial charge is 0.408 e. The molecule has 2 aromatic rings. The molecule has 8 nitrogen and oxygen atoms in total. The number of nitrogens with one attached hydrogen (secondary N) is 1. The molecule has 0 fully saturated rings. The molecular weight excluding hydrogens is 430 g/mol. The number of nitrogen functional groups attached to an aromatic ring is 1. The zero-order valence-corrected chi connectivity index (χ0v) is 19.3. The molecule has 0 saturated heterocycles. The Morgan fingerprint density at radius 2 is 1.94 bits per heavy atom. The number of rotatable bonds is 6. The van der Waals surface area contributed by atoms with Crippen molar-refractivity contribution in [3.8, 4) is 0 Å². The van der Waals surface area contributed by atoms with Gasteiger partial charge >= 0.3 is 12.1 Å². The van der Waals surface area contributed by atoms with Gasteiger partial charge in [0.05, 0.1) is 6.42 Å². The summed E-state index contributed by atoms with van der Waals surface area (Å²) in [7, 11) is 0. The van der Waals surface area contributed by atoms with Gasteiger partial charge in [0, 0.05) is 35.0 Å². The van der Waals surface area contributed by atoms with Gasteiger partial charge in [-0.3, -0.25) is 9.59 Å². The van der Waals surface area contributed by atoms with Crippen LogP contribution in [0.5, 0.6) is 0 Å². The van der Waals surface area contributed by atoms with Gasteiger partial charge in [0.15, 0.2) is 0 Å². The third-order valence-corrected chi connectivity index (χ3v) is 6.20. The molecule has 1 aliphatic rings. The number of fused-ring (bicyclic) bond motifs is 1. The van der Waals surface area contributed by atoms with E-state index in [1.807, 2.05) is 18.2 Å². The van der Waals surface area contributed by atoms with E-state index < -0.39 is 23.7 Å². The van der Waals surface area contributed by atoms with Crippen molar-refractivity contribution in [2.24, 2.45) is 0 Å². The summed E-state index contributed by atoms with van der Waals surface area (Å²) >= 11 is 1.49. The van der Waals surface area contributed by atoms with E-state index in [-0.39, 0.29) is 12.3 Å². The van der Waals surface area contributed by atoms with Crippen LogP contribution >= 0.6 is 11.3 Å². The summed E-state index contributed by atoms with van der Waals surface area (Å²) in [6.45, 7) is 6.19. The van der Waals surface area contributed by atoms with E-state index in [9.17, 15) is 14.4 Å². The lowest BCUT2D eigenvalue weighted by Crippen LogP contribution is -2.51. The van der Waals surface area contributed by atoms with E-state index >= 15 is 0 Å². The highest BCUT2D eigenvalue weighted by atomic mass is 32.1. The van der Waals surface area contributed by atoms with Gasteiger partial charge in [-0.1, -0.05) is 12.1 Å². The highest BCUT2D eigenvalue weighted by Gasteiger charge is 2.31. The number of nitrogens with two attached hydrogens (primary N) is 1. The zero-order valence-electron chi connectivity index (χ0n) is 18.5. The van der Waals surface area contributed by atoms with Gasteiger partial charge in [-0.15, -0.1) is 11.3 Å². The van der Waals surface area contributed by atoms with E-state index in [0.29, 0.717) is 31.6 Å². The number of alkyl carbamates (subject to hydrolysis) is 1. The Bertz CT molecular complexity index is 994. The molecule has 1 aromatic heterocycles. The Labute approximate surface area is 191 Å². The fourth-order valence-corrected chi connectivity index (χ4v) is 4.74. The van der Waals surface area contributed by atoms with Gasteiger partial charge in [-0.25, -0.2) is 4.79 Å². The van der Waals surface area contributed by atoms with Crippen LogP contribution in [0.1, 0.15) is 41.7 Å². The van der Waals surface area contributed by atoms with Crippen LogP contribution in [-0.4, -0.2) is 46.2 Å². The summed E-state index contributed by atoms with van der Waals surface area (Å²) in [6.07, 6.45) is 0.288. The second kappa shape index (κ2) is 9.60. The summed E-state index contributed by atoms with van der Waals surface area (Å²) < 4.78 is 5.36. The van der Waals surface area contributed by atoms with Crippen LogP contribution in [0.25, 0.3) is 0 Å².